The number of nitrogens with zero attached hydrogens (tertiary/aromatic N) is 1. The van der Waals surface area contributed by atoms with E-state index >= 15 is 0 Å². The Balaban J connectivity index is 2.80. The van der Waals surface area contributed by atoms with Gasteiger partial charge in [0.05, 0.1) is 21.8 Å². The standard InChI is InChI=1S/C9H8ClN3O2S/c1-16-9-12-4-2-3(8(14)15)6(11)5(10)7(4)13-9/h2H,11H2,1H3,(H,12,13)(H,14,15). The predicted octanol–water partition coefficient (Wildman–Crippen LogP) is 2.22. The quantitative estimate of drug-likeness (QED) is 0.567. The average Bonchev–Trinajstić information content (AvgIpc) is 2.66. The molecule has 0 aliphatic carbocycles. The summed E-state index contributed by atoms with van der Waals surface area (Å²) in [5.41, 5.74) is 6.71. The number of thioether (sulfide) groups is 1. The first-order valence-electron chi connectivity index (χ1n) is 4.29. The first-order chi connectivity index (χ1) is 7.54. The van der Waals surface area contributed by atoms with E-state index in [-0.39, 0.29) is 16.3 Å². The summed E-state index contributed by atoms with van der Waals surface area (Å²) in [5, 5.41) is 9.77. The number of aromatic nitrogens is 2. The highest BCUT2D eigenvalue weighted by Gasteiger charge is 2.17. The Bertz CT molecular complexity index is 582. The van der Waals surface area contributed by atoms with Crippen molar-refractivity contribution >= 4 is 46.1 Å². The van der Waals surface area contributed by atoms with Crippen LogP contribution in [0.2, 0.25) is 5.02 Å². The highest BCUT2D eigenvalue weighted by molar-refractivity contribution is 7.98. The van der Waals surface area contributed by atoms with Crippen LogP contribution in [0.4, 0.5) is 5.69 Å². The van der Waals surface area contributed by atoms with Gasteiger partial charge < -0.3 is 15.8 Å². The van der Waals surface area contributed by atoms with Crippen molar-refractivity contribution in [3.63, 3.8) is 0 Å². The van der Waals surface area contributed by atoms with Gasteiger partial charge in [-0.2, -0.15) is 0 Å². The number of carboxylic acids is 1. The Hall–Kier alpha value is -1.40. The van der Waals surface area contributed by atoms with E-state index in [0.717, 1.165) is 0 Å². The van der Waals surface area contributed by atoms with Crippen LogP contribution in [0.1, 0.15) is 10.4 Å². The number of fused-ring (bicyclic) bond motifs is 1. The van der Waals surface area contributed by atoms with Crippen LogP contribution in [0, 0.1) is 0 Å². The lowest BCUT2D eigenvalue weighted by Gasteiger charge is -2.03. The summed E-state index contributed by atoms with van der Waals surface area (Å²) in [7, 11) is 0. The molecule has 4 N–H and O–H groups in total. The molecule has 7 heteroatoms. The number of imidazole rings is 1. The van der Waals surface area contributed by atoms with Gasteiger partial charge in [-0.3, -0.25) is 0 Å². The molecule has 0 fully saturated rings. The molecular weight excluding hydrogens is 250 g/mol. The lowest BCUT2D eigenvalue weighted by Crippen LogP contribution is -2.03. The lowest BCUT2D eigenvalue weighted by molar-refractivity contribution is 0.0698. The minimum absolute atomic E-state index is 0.0196. The molecule has 0 radical (unpaired) electrons. The largest absolute Gasteiger partial charge is 0.478 e. The molecule has 1 heterocycles. The molecule has 0 unspecified atom stereocenters. The first-order valence-corrected chi connectivity index (χ1v) is 5.90. The maximum Gasteiger partial charge on any atom is 0.337 e. The number of H-pyrrole nitrogens is 1. The van der Waals surface area contributed by atoms with Crippen LogP contribution < -0.4 is 5.73 Å². The van der Waals surface area contributed by atoms with Crippen molar-refractivity contribution in [2.45, 2.75) is 5.16 Å². The summed E-state index contributed by atoms with van der Waals surface area (Å²) in [4.78, 5) is 18.1. The van der Waals surface area contributed by atoms with Crippen LogP contribution in [-0.4, -0.2) is 27.3 Å². The number of rotatable bonds is 2. The van der Waals surface area contributed by atoms with Crippen LogP contribution in [0.3, 0.4) is 0 Å². The molecule has 0 atom stereocenters. The molecule has 2 aromatic rings. The molecule has 1 aromatic carbocycles. The van der Waals surface area contributed by atoms with Gasteiger partial charge in [0, 0.05) is 0 Å². The SMILES string of the molecule is CSc1nc2c(Cl)c(N)c(C(=O)O)cc2[nH]1. The zero-order chi connectivity index (χ0) is 11.9. The molecule has 0 amide bonds. The van der Waals surface area contributed by atoms with Gasteiger partial charge in [-0.05, 0) is 12.3 Å². The summed E-state index contributed by atoms with van der Waals surface area (Å²) in [6.45, 7) is 0. The van der Waals surface area contributed by atoms with Gasteiger partial charge in [0.2, 0.25) is 0 Å². The molecular formula is C9H8ClN3O2S. The Kier molecular flexibility index (Phi) is 2.69. The van der Waals surface area contributed by atoms with Crippen molar-refractivity contribution in [2.75, 3.05) is 12.0 Å². The zero-order valence-corrected chi connectivity index (χ0v) is 9.82. The molecule has 0 spiro atoms. The van der Waals surface area contributed by atoms with Gasteiger partial charge in [-0.15, -0.1) is 0 Å². The molecule has 0 aliphatic heterocycles. The summed E-state index contributed by atoms with van der Waals surface area (Å²) < 4.78 is 0. The molecule has 0 bridgehead atoms. The zero-order valence-electron chi connectivity index (χ0n) is 8.24. The van der Waals surface area contributed by atoms with E-state index in [1.54, 1.807) is 0 Å². The van der Waals surface area contributed by atoms with Crippen molar-refractivity contribution in [3.8, 4) is 0 Å². The van der Waals surface area contributed by atoms with Gasteiger partial charge in [0.1, 0.15) is 5.52 Å². The molecule has 2 rings (SSSR count). The van der Waals surface area contributed by atoms with Gasteiger partial charge in [0.25, 0.3) is 0 Å². The van der Waals surface area contributed by atoms with Crippen LogP contribution in [0.25, 0.3) is 11.0 Å². The van der Waals surface area contributed by atoms with Gasteiger partial charge >= 0.3 is 5.97 Å². The van der Waals surface area contributed by atoms with Gasteiger partial charge in [-0.1, -0.05) is 23.4 Å². The number of aromatic amines is 1. The second-order valence-electron chi connectivity index (χ2n) is 3.10. The molecule has 84 valence electrons. The monoisotopic (exact) mass is 257 g/mol. The number of aromatic carboxylic acids is 1. The van der Waals surface area contributed by atoms with E-state index in [0.29, 0.717) is 16.2 Å². The summed E-state index contributed by atoms with van der Waals surface area (Å²) in [5.74, 6) is -1.11. The molecule has 1 aromatic heterocycles. The minimum Gasteiger partial charge on any atom is -0.478 e. The lowest BCUT2D eigenvalue weighted by atomic mass is 10.1. The van der Waals surface area contributed by atoms with E-state index < -0.39 is 5.97 Å². The van der Waals surface area contributed by atoms with Crippen LogP contribution in [-0.2, 0) is 0 Å². The number of hydrogen-bond acceptors (Lipinski definition) is 4. The maximum atomic E-state index is 10.9. The molecule has 0 saturated heterocycles. The fraction of sp³-hybridized carbons (Fsp3) is 0.111. The number of nitrogen functional groups attached to an aromatic ring is 1. The van der Waals surface area contributed by atoms with Crippen molar-refractivity contribution in [1.82, 2.24) is 9.97 Å². The van der Waals surface area contributed by atoms with Crippen molar-refractivity contribution in [2.24, 2.45) is 0 Å². The number of carbonyl (C=O) groups is 1. The maximum absolute atomic E-state index is 10.9. The van der Waals surface area contributed by atoms with E-state index in [9.17, 15) is 4.79 Å². The number of anilines is 1. The second kappa shape index (κ2) is 3.88. The van der Waals surface area contributed by atoms with E-state index in [2.05, 4.69) is 9.97 Å². The third kappa shape index (κ3) is 1.60. The Labute approximate surface area is 100.0 Å². The predicted molar refractivity (Wildman–Crippen MR) is 64.3 cm³/mol. The highest BCUT2D eigenvalue weighted by Crippen LogP contribution is 2.32. The normalized spacial score (nSPS) is 10.9. The van der Waals surface area contributed by atoms with E-state index in [1.807, 2.05) is 6.26 Å². The molecule has 16 heavy (non-hydrogen) atoms. The third-order valence-electron chi connectivity index (χ3n) is 2.16. The molecule has 5 nitrogen and oxygen atoms in total. The summed E-state index contributed by atoms with van der Waals surface area (Å²) in [6, 6.07) is 1.44. The average molecular weight is 258 g/mol. The third-order valence-corrected chi connectivity index (χ3v) is 3.12. The number of halogens is 1. The second-order valence-corrected chi connectivity index (χ2v) is 4.27. The van der Waals surface area contributed by atoms with Crippen LogP contribution in [0.5, 0.6) is 0 Å². The number of carboxylic acid groups (broad SMARTS) is 1. The fourth-order valence-corrected chi connectivity index (χ4v) is 2.02. The topological polar surface area (TPSA) is 92.0 Å². The number of hydrogen-bond donors (Lipinski definition) is 3. The summed E-state index contributed by atoms with van der Waals surface area (Å²) >= 11 is 7.38. The van der Waals surface area contributed by atoms with E-state index in [1.165, 1.54) is 17.8 Å². The Morgan fingerprint density at radius 3 is 2.94 bits per heavy atom. The van der Waals surface area contributed by atoms with Gasteiger partial charge in [-0.25, -0.2) is 9.78 Å². The Morgan fingerprint density at radius 2 is 2.38 bits per heavy atom. The van der Waals surface area contributed by atoms with Crippen molar-refractivity contribution in [1.29, 1.82) is 0 Å². The van der Waals surface area contributed by atoms with Gasteiger partial charge in [0.15, 0.2) is 5.16 Å². The summed E-state index contributed by atoms with van der Waals surface area (Å²) in [6.07, 6.45) is 1.85. The van der Waals surface area contributed by atoms with E-state index in [4.69, 9.17) is 22.4 Å². The Morgan fingerprint density at radius 1 is 1.69 bits per heavy atom. The smallest absolute Gasteiger partial charge is 0.337 e. The molecule has 0 saturated carbocycles. The molecule has 0 aliphatic rings. The van der Waals surface area contributed by atoms with Crippen LogP contribution in [0.15, 0.2) is 11.2 Å². The fourth-order valence-electron chi connectivity index (χ4n) is 1.38. The number of nitrogens with two attached hydrogens (primary N) is 1. The van der Waals surface area contributed by atoms with Crippen molar-refractivity contribution < 1.29 is 9.90 Å². The number of nitrogens with one attached hydrogen (secondary N) is 1. The first kappa shape index (κ1) is 11.1. The minimum atomic E-state index is -1.11. The van der Waals surface area contributed by atoms with Crippen LogP contribution >= 0.6 is 23.4 Å². The number of benzene rings is 1. The highest BCUT2D eigenvalue weighted by atomic mass is 35.5. The van der Waals surface area contributed by atoms with Crippen molar-refractivity contribution in [3.05, 3.63) is 16.7 Å².